The third-order valence-corrected chi connectivity index (χ3v) is 8.74. The number of methoxy groups -OCH3 is 2. The number of urea groups is 1. The predicted octanol–water partition coefficient (Wildman–Crippen LogP) is 2.63. The molecule has 41 heavy (non-hydrogen) atoms. The number of benzene rings is 1. The van der Waals surface area contributed by atoms with Gasteiger partial charge in [0.2, 0.25) is 11.8 Å². The van der Waals surface area contributed by atoms with Gasteiger partial charge in [-0.3, -0.25) is 29.0 Å². The molecule has 2 aromatic heterocycles. The number of anilines is 1. The molecule has 4 amide bonds. The molecular weight excluding hydrogens is 526 g/mol. The van der Waals surface area contributed by atoms with Gasteiger partial charge in [0, 0.05) is 25.7 Å². The predicted molar refractivity (Wildman–Crippen MR) is 150 cm³/mol. The number of fused-ring (bicyclic) bond motifs is 5. The first kappa shape index (κ1) is 26.8. The molecule has 214 valence electrons. The van der Waals surface area contributed by atoms with Crippen LogP contribution in [-0.4, -0.2) is 65.5 Å². The summed E-state index contributed by atoms with van der Waals surface area (Å²) in [6.45, 7) is 2.52. The van der Waals surface area contributed by atoms with Crippen LogP contribution in [0.25, 0.3) is 5.65 Å². The molecule has 0 radical (unpaired) electrons. The van der Waals surface area contributed by atoms with Crippen LogP contribution in [-0.2, 0) is 22.4 Å². The normalized spacial score (nSPS) is 22.3. The number of nitrogens with zero attached hydrogens (tertiary/aromatic N) is 4. The number of amides is 4. The van der Waals surface area contributed by atoms with E-state index in [2.05, 4.69) is 5.32 Å². The van der Waals surface area contributed by atoms with E-state index in [1.165, 1.54) is 4.40 Å². The molecule has 2 saturated heterocycles. The van der Waals surface area contributed by atoms with Crippen molar-refractivity contribution in [3.05, 3.63) is 63.6 Å². The van der Waals surface area contributed by atoms with Crippen LogP contribution in [0.2, 0.25) is 0 Å². The number of hydrogen-bond donors (Lipinski definition) is 1. The highest BCUT2D eigenvalue weighted by Gasteiger charge is 2.62. The molecule has 3 aromatic rings. The number of ether oxygens (including phenoxy) is 2. The third kappa shape index (κ3) is 4.13. The number of carbonyl (C=O) groups excluding carboxylic acids is 3. The van der Waals surface area contributed by atoms with E-state index in [4.69, 9.17) is 14.5 Å². The molecule has 3 aliphatic heterocycles. The Morgan fingerprint density at radius 2 is 1.85 bits per heavy atom. The fraction of sp³-hybridized carbons (Fsp3) is 0.433. The lowest BCUT2D eigenvalue weighted by atomic mass is 9.68. The van der Waals surface area contributed by atoms with Crippen molar-refractivity contribution in [1.29, 1.82) is 0 Å². The summed E-state index contributed by atoms with van der Waals surface area (Å²) in [7, 11) is 3.09. The monoisotopic (exact) mass is 559 g/mol. The number of aromatic nitrogens is 2. The van der Waals surface area contributed by atoms with Crippen molar-refractivity contribution in [2.24, 2.45) is 5.41 Å². The number of barbiturate groups is 1. The Morgan fingerprint density at radius 1 is 1.05 bits per heavy atom. The molecule has 5 heterocycles. The van der Waals surface area contributed by atoms with Gasteiger partial charge in [0.15, 0.2) is 16.9 Å². The van der Waals surface area contributed by atoms with Crippen molar-refractivity contribution >= 4 is 29.3 Å². The number of carbonyl (C=O) groups is 3. The van der Waals surface area contributed by atoms with Crippen molar-refractivity contribution in [3.63, 3.8) is 0 Å². The fourth-order valence-electron chi connectivity index (χ4n) is 6.62. The van der Waals surface area contributed by atoms with Gasteiger partial charge in [0.25, 0.3) is 5.56 Å². The van der Waals surface area contributed by atoms with Crippen LogP contribution in [0.4, 0.5) is 10.6 Å². The minimum atomic E-state index is -1.62. The van der Waals surface area contributed by atoms with Crippen LogP contribution >= 0.6 is 0 Å². The maximum Gasteiger partial charge on any atom is 0.330 e. The molecule has 0 aliphatic carbocycles. The Hall–Kier alpha value is -4.41. The quantitative estimate of drug-likeness (QED) is 0.474. The van der Waals surface area contributed by atoms with Gasteiger partial charge in [0.1, 0.15) is 11.5 Å². The molecule has 2 unspecified atom stereocenters. The first-order chi connectivity index (χ1) is 19.8. The van der Waals surface area contributed by atoms with E-state index in [1.807, 2.05) is 24.0 Å². The second-order valence-electron chi connectivity index (χ2n) is 11.0. The zero-order chi connectivity index (χ0) is 28.9. The number of imide groups is 2. The highest BCUT2D eigenvalue weighted by atomic mass is 16.5. The van der Waals surface area contributed by atoms with Crippen molar-refractivity contribution in [2.45, 2.75) is 51.5 Å². The van der Waals surface area contributed by atoms with Gasteiger partial charge in [0.05, 0.1) is 25.8 Å². The number of hydrogen-bond acceptors (Lipinski definition) is 8. The zero-order valence-corrected chi connectivity index (χ0v) is 23.4. The summed E-state index contributed by atoms with van der Waals surface area (Å²) in [6.07, 6.45) is 5.07. The molecule has 2 fully saturated rings. The van der Waals surface area contributed by atoms with Crippen LogP contribution in [0.5, 0.6) is 11.5 Å². The van der Waals surface area contributed by atoms with Gasteiger partial charge in [-0.1, -0.05) is 25.0 Å². The fourth-order valence-corrected chi connectivity index (χ4v) is 6.62. The lowest BCUT2D eigenvalue weighted by Gasteiger charge is -2.50. The average molecular weight is 560 g/mol. The number of aryl methyl sites for hydroxylation is 1. The highest BCUT2D eigenvalue weighted by Crippen LogP contribution is 2.46. The molecule has 2 atom stereocenters. The molecule has 0 saturated carbocycles. The molecular formula is C30H33N5O6. The minimum Gasteiger partial charge on any atom is -0.493 e. The third-order valence-electron chi connectivity index (χ3n) is 8.74. The second kappa shape index (κ2) is 10.2. The van der Waals surface area contributed by atoms with Gasteiger partial charge in [-0.15, -0.1) is 0 Å². The van der Waals surface area contributed by atoms with E-state index in [1.54, 1.807) is 38.6 Å². The molecule has 11 nitrogen and oxygen atoms in total. The smallest absolute Gasteiger partial charge is 0.330 e. The number of nitrogens with one attached hydrogen (secondary N) is 1. The molecule has 1 aromatic carbocycles. The Morgan fingerprint density at radius 3 is 2.63 bits per heavy atom. The van der Waals surface area contributed by atoms with E-state index >= 15 is 0 Å². The number of rotatable bonds is 5. The van der Waals surface area contributed by atoms with E-state index in [0.29, 0.717) is 47.9 Å². The first-order valence-electron chi connectivity index (χ1n) is 14.0. The average Bonchev–Trinajstić information content (AvgIpc) is 3.23. The van der Waals surface area contributed by atoms with Gasteiger partial charge in [-0.2, -0.15) is 0 Å². The standard InChI is InChI=1S/C30H33N5O6/c1-18-8-7-14-34-24(18)31-25-20(26(34)36)17-30(23-9-5-4-6-13-33(23)25)27(37)32-29(39)35(28(30)38)15-12-19-10-11-21(40-2)22(16-19)41-3/h7-8,10-11,14,16,23H,4-6,9,12-13,15,17H2,1-3H3,(H,32,37,39). The van der Waals surface area contributed by atoms with Crippen molar-refractivity contribution in [3.8, 4) is 11.5 Å². The molecule has 1 N–H and O–H groups in total. The molecule has 1 spiro atoms. The number of pyridine rings is 1. The lowest BCUT2D eigenvalue weighted by molar-refractivity contribution is -0.153. The second-order valence-corrected chi connectivity index (χ2v) is 11.0. The Labute approximate surface area is 237 Å². The van der Waals surface area contributed by atoms with Crippen molar-refractivity contribution < 1.29 is 23.9 Å². The molecule has 11 heteroatoms. The maximum atomic E-state index is 14.4. The summed E-state index contributed by atoms with van der Waals surface area (Å²) in [5, 5.41) is 2.47. The van der Waals surface area contributed by atoms with Gasteiger partial charge in [-0.25, -0.2) is 9.78 Å². The summed E-state index contributed by atoms with van der Waals surface area (Å²) in [4.78, 5) is 63.2. The van der Waals surface area contributed by atoms with E-state index in [0.717, 1.165) is 35.3 Å². The Balaban J connectivity index is 1.42. The molecule has 0 bridgehead atoms. The SMILES string of the molecule is COc1ccc(CCN2C(=O)NC(=O)C3(Cc4c(nc5c(C)cccn5c4=O)N4CCCCCC43)C2=O)cc1OC. The molecule has 3 aliphatic rings. The zero-order valence-electron chi connectivity index (χ0n) is 23.4. The van der Waals surface area contributed by atoms with Crippen LogP contribution in [0.15, 0.2) is 41.3 Å². The van der Waals surface area contributed by atoms with Gasteiger partial charge >= 0.3 is 6.03 Å². The lowest BCUT2D eigenvalue weighted by Crippen LogP contribution is -2.72. The largest absolute Gasteiger partial charge is 0.493 e. The van der Waals surface area contributed by atoms with Crippen LogP contribution in [0, 0.1) is 12.3 Å². The Kier molecular flexibility index (Phi) is 6.67. The highest BCUT2D eigenvalue weighted by molar-refractivity contribution is 6.20. The van der Waals surface area contributed by atoms with E-state index in [9.17, 15) is 19.2 Å². The van der Waals surface area contributed by atoms with E-state index in [-0.39, 0.29) is 18.5 Å². The summed E-state index contributed by atoms with van der Waals surface area (Å²) >= 11 is 0. The summed E-state index contributed by atoms with van der Waals surface area (Å²) in [5.41, 5.74) is 0.651. The summed E-state index contributed by atoms with van der Waals surface area (Å²) in [5.74, 6) is 0.439. The summed E-state index contributed by atoms with van der Waals surface area (Å²) in [6, 6.07) is 7.82. The van der Waals surface area contributed by atoms with Crippen molar-refractivity contribution in [1.82, 2.24) is 19.6 Å². The first-order valence-corrected chi connectivity index (χ1v) is 14.0. The topological polar surface area (TPSA) is 123 Å². The molecule has 6 rings (SSSR count). The summed E-state index contributed by atoms with van der Waals surface area (Å²) < 4.78 is 12.2. The van der Waals surface area contributed by atoms with Crippen LogP contribution in [0.1, 0.15) is 42.4 Å². The van der Waals surface area contributed by atoms with Crippen LogP contribution in [0.3, 0.4) is 0 Å². The van der Waals surface area contributed by atoms with Gasteiger partial charge in [-0.05, 0) is 55.5 Å². The van der Waals surface area contributed by atoms with Gasteiger partial charge < -0.3 is 14.4 Å². The van der Waals surface area contributed by atoms with Crippen molar-refractivity contribution in [2.75, 3.05) is 32.2 Å². The maximum absolute atomic E-state index is 14.4. The van der Waals surface area contributed by atoms with E-state index < -0.39 is 29.3 Å². The Bertz CT molecular complexity index is 1630. The van der Waals surface area contributed by atoms with Crippen LogP contribution < -0.4 is 25.2 Å². The minimum absolute atomic E-state index is 0.0584.